The first kappa shape index (κ1) is 14.7. The highest BCUT2D eigenvalue weighted by atomic mass is 35.5. The minimum atomic E-state index is -1.11. The van der Waals surface area contributed by atoms with Crippen molar-refractivity contribution in [3.05, 3.63) is 44.4 Å². The lowest BCUT2D eigenvalue weighted by Gasteiger charge is -2.05. The second-order valence-corrected chi connectivity index (χ2v) is 6.66. The molecule has 1 N–H and O–H groups in total. The Morgan fingerprint density at radius 2 is 2.16 bits per heavy atom. The van der Waals surface area contributed by atoms with Crippen molar-refractivity contribution in [2.24, 2.45) is 7.05 Å². The fourth-order valence-corrected chi connectivity index (χ4v) is 3.47. The summed E-state index contributed by atoms with van der Waals surface area (Å²) < 4.78 is 14.3. The van der Waals surface area contributed by atoms with E-state index in [0.29, 0.717) is 32.1 Å². The summed E-state index contributed by atoms with van der Waals surface area (Å²) in [6, 6.07) is 5.16. The van der Waals surface area contributed by atoms with E-state index in [0.717, 1.165) is 5.56 Å². The summed E-state index contributed by atoms with van der Waals surface area (Å²) in [4.78, 5) is 0. The van der Waals surface area contributed by atoms with Crippen LogP contribution in [0.2, 0.25) is 10.0 Å². The van der Waals surface area contributed by atoms with Crippen molar-refractivity contribution < 1.29 is 4.21 Å². The molecule has 0 spiro atoms. The molecule has 0 unspecified atom stereocenters. The van der Waals surface area contributed by atoms with Crippen LogP contribution in [0, 0.1) is 4.77 Å². The molecule has 4 nitrogen and oxygen atoms in total. The van der Waals surface area contributed by atoms with E-state index in [1.165, 1.54) is 0 Å². The lowest BCUT2D eigenvalue weighted by Crippen LogP contribution is -2.05. The Labute approximate surface area is 128 Å². The molecule has 0 radical (unpaired) electrons. The average molecular weight is 336 g/mol. The third kappa shape index (κ3) is 3.66. The normalized spacial score (nSPS) is 12.6. The topological polar surface area (TPSA) is 50.7 Å². The van der Waals surface area contributed by atoms with E-state index in [-0.39, 0.29) is 0 Å². The zero-order valence-corrected chi connectivity index (χ0v) is 13.2. The van der Waals surface area contributed by atoms with Crippen LogP contribution in [-0.4, -0.2) is 19.0 Å². The number of hydrogen-bond donors (Lipinski definition) is 1. The number of aromatic nitrogens is 3. The standard InChI is InChI=1S/C11H11Cl2N3OS2/c1-16-10(14-15-11(16)18)6-19(17)5-7-2-3-8(12)4-9(7)13/h2-4H,5-6H2,1H3,(H,15,18)/t19-/m1/s1. The molecular weight excluding hydrogens is 325 g/mol. The van der Waals surface area contributed by atoms with Gasteiger partial charge >= 0.3 is 0 Å². The van der Waals surface area contributed by atoms with Crippen LogP contribution in [0.25, 0.3) is 0 Å². The summed E-state index contributed by atoms with van der Waals surface area (Å²) in [5.41, 5.74) is 0.807. The van der Waals surface area contributed by atoms with Gasteiger partial charge in [0.05, 0.1) is 11.5 Å². The first-order valence-corrected chi connectivity index (χ1v) is 8.02. The van der Waals surface area contributed by atoms with E-state index >= 15 is 0 Å². The van der Waals surface area contributed by atoms with E-state index in [9.17, 15) is 4.21 Å². The molecule has 1 aromatic heterocycles. The number of halogens is 2. The number of nitrogens with one attached hydrogen (secondary N) is 1. The van der Waals surface area contributed by atoms with Crippen LogP contribution in [0.5, 0.6) is 0 Å². The maximum atomic E-state index is 12.1. The summed E-state index contributed by atoms with van der Waals surface area (Å²) >= 11 is 16.9. The van der Waals surface area contributed by atoms with Gasteiger partial charge in [0, 0.05) is 27.9 Å². The van der Waals surface area contributed by atoms with E-state index in [2.05, 4.69) is 10.2 Å². The largest absolute Gasteiger partial charge is 0.307 e. The highest BCUT2D eigenvalue weighted by Crippen LogP contribution is 2.22. The molecule has 0 aliphatic carbocycles. The molecule has 19 heavy (non-hydrogen) atoms. The van der Waals surface area contributed by atoms with Gasteiger partial charge in [-0.3, -0.25) is 9.31 Å². The zero-order valence-electron chi connectivity index (χ0n) is 10.0. The fourth-order valence-electron chi connectivity index (χ4n) is 1.52. The number of rotatable bonds is 4. The number of benzene rings is 1. The second-order valence-electron chi connectivity index (χ2n) is 3.97. The molecule has 2 rings (SSSR count). The van der Waals surface area contributed by atoms with E-state index in [1.807, 2.05) is 0 Å². The summed E-state index contributed by atoms with van der Waals surface area (Å²) in [7, 11) is 0.672. The summed E-state index contributed by atoms with van der Waals surface area (Å²) in [5, 5.41) is 7.78. The minimum absolute atomic E-state index is 0.322. The number of H-pyrrole nitrogens is 1. The van der Waals surface area contributed by atoms with Gasteiger partial charge in [0.2, 0.25) is 0 Å². The molecule has 0 saturated carbocycles. The Kier molecular flexibility index (Phi) is 4.78. The van der Waals surface area contributed by atoms with Crippen LogP contribution in [0.3, 0.4) is 0 Å². The van der Waals surface area contributed by atoms with E-state index < -0.39 is 10.8 Å². The molecule has 1 heterocycles. The molecule has 8 heteroatoms. The molecule has 0 amide bonds. The highest BCUT2D eigenvalue weighted by Gasteiger charge is 2.10. The maximum absolute atomic E-state index is 12.1. The monoisotopic (exact) mass is 335 g/mol. The van der Waals surface area contributed by atoms with Gasteiger partial charge in [0.25, 0.3) is 0 Å². The quantitative estimate of drug-likeness (QED) is 0.872. The molecule has 1 atom stereocenters. The Balaban J connectivity index is 2.09. The van der Waals surface area contributed by atoms with Crippen LogP contribution < -0.4 is 0 Å². The van der Waals surface area contributed by atoms with Crippen molar-refractivity contribution in [3.63, 3.8) is 0 Å². The lowest BCUT2D eigenvalue weighted by molar-refractivity contribution is 0.679. The third-order valence-electron chi connectivity index (χ3n) is 2.59. The minimum Gasteiger partial charge on any atom is -0.307 e. The van der Waals surface area contributed by atoms with Gasteiger partial charge in [-0.25, -0.2) is 0 Å². The van der Waals surface area contributed by atoms with Crippen LogP contribution in [0.1, 0.15) is 11.4 Å². The SMILES string of the molecule is Cn1c(C[S@](=O)Cc2ccc(Cl)cc2Cl)n[nH]c1=S. The lowest BCUT2D eigenvalue weighted by atomic mass is 10.2. The van der Waals surface area contributed by atoms with Crippen LogP contribution >= 0.6 is 35.4 Å². The van der Waals surface area contributed by atoms with Gasteiger partial charge in [-0.15, -0.1) is 0 Å². The number of hydrogen-bond acceptors (Lipinski definition) is 3. The third-order valence-corrected chi connectivity index (χ3v) is 4.76. The van der Waals surface area contributed by atoms with E-state index in [1.54, 1.807) is 29.8 Å². The van der Waals surface area contributed by atoms with Crippen molar-refractivity contribution in [2.45, 2.75) is 11.5 Å². The molecule has 0 saturated heterocycles. The Morgan fingerprint density at radius 3 is 2.74 bits per heavy atom. The van der Waals surface area contributed by atoms with Crippen LogP contribution in [0.4, 0.5) is 0 Å². The Hall–Kier alpha value is -0.690. The second kappa shape index (κ2) is 6.17. The van der Waals surface area contributed by atoms with Crippen LogP contribution in [0.15, 0.2) is 18.2 Å². The zero-order chi connectivity index (χ0) is 14.0. The Morgan fingerprint density at radius 1 is 1.42 bits per heavy atom. The van der Waals surface area contributed by atoms with Crippen molar-refractivity contribution in [2.75, 3.05) is 0 Å². The first-order chi connectivity index (χ1) is 8.97. The first-order valence-electron chi connectivity index (χ1n) is 5.36. The van der Waals surface area contributed by atoms with Gasteiger partial charge in [-0.05, 0) is 29.9 Å². The molecule has 2 aromatic rings. The molecule has 1 aromatic carbocycles. The summed E-state index contributed by atoms with van der Waals surface area (Å²) in [6.07, 6.45) is 0. The summed E-state index contributed by atoms with van der Waals surface area (Å²) in [5.74, 6) is 1.34. The highest BCUT2D eigenvalue weighted by molar-refractivity contribution is 7.83. The maximum Gasteiger partial charge on any atom is 0.194 e. The van der Waals surface area contributed by atoms with Gasteiger partial charge in [0.15, 0.2) is 4.77 Å². The number of aromatic amines is 1. The summed E-state index contributed by atoms with van der Waals surface area (Å²) in [6.45, 7) is 0. The molecule has 0 aliphatic rings. The smallest absolute Gasteiger partial charge is 0.194 e. The molecule has 0 bridgehead atoms. The molecule has 0 fully saturated rings. The Bertz CT molecular complexity index is 681. The fraction of sp³-hybridized carbons (Fsp3) is 0.273. The van der Waals surface area contributed by atoms with Gasteiger partial charge < -0.3 is 4.57 Å². The van der Waals surface area contributed by atoms with E-state index in [4.69, 9.17) is 35.4 Å². The average Bonchev–Trinajstić information content (AvgIpc) is 2.65. The van der Waals surface area contributed by atoms with Gasteiger partial charge in [0.1, 0.15) is 5.82 Å². The van der Waals surface area contributed by atoms with Crippen molar-refractivity contribution in [1.82, 2.24) is 14.8 Å². The van der Waals surface area contributed by atoms with Crippen molar-refractivity contribution in [1.29, 1.82) is 0 Å². The van der Waals surface area contributed by atoms with Crippen molar-refractivity contribution in [3.8, 4) is 0 Å². The predicted octanol–water partition coefficient (Wildman–Crippen LogP) is 3.23. The van der Waals surface area contributed by atoms with Gasteiger partial charge in [-0.1, -0.05) is 29.3 Å². The molecule has 102 valence electrons. The van der Waals surface area contributed by atoms with Crippen molar-refractivity contribution >= 4 is 46.2 Å². The predicted molar refractivity (Wildman–Crippen MR) is 80.4 cm³/mol. The molecular formula is C11H11Cl2N3OS2. The van der Waals surface area contributed by atoms with Crippen LogP contribution in [-0.2, 0) is 29.4 Å². The molecule has 0 aliphatic heterocycles. The van der Waals surface area contributed by atoms with Gasteiger partial charge in [-0.2, -0.15) is 5.10 Å². The number of nitrogens with zero attached hydrogens (tertiary/aromatic N) is 2.